The zero-order chi connectivity index (χ0) is 18.7. The third-order valence-corrected chi connectivity index (χ3v) is 7.85. The molecule has 0 saturated carbocycles. The van der Waals surface area contributed by atoms with Gasteiger partial charge in [-0.25, -0.2) is 8.42 Å². The van der Waals surface area contributed by atoms with E-state index in [9.17, 15) is 13.2 Å². The highest BCUT2D eigenvalue weighted by atomic mass is 35.5. The Balaban J connectivity index is 1.78. The number of benzene rings is 1. The molecular formula is C17H19ClN2O3S3. The van der Waals surface area contributed by atoms with Crippen molar-refractivity contribution in [3.63, 3.8) is 0 Å². The molecule has 1 amide bonds. The summed E-state index contributed by atoms with van der Waals surface area (Å²) in [5, 5.41) is 3.93. The number of sulfonamides is 1. The van der Waals surface area contributed by atoms with Gasteiger partial charge < -0.3 is 4.90 Å². The fraction of sp³-hybridized carbons (Fsp3) is 0.353. The quantitative estimate of drug-likeness (QED) is 0.786. The third kappa shape index (κ3) is 4.36. The lowest BCUT2D eigenvalue weighted by Crippen LogP contribution is -2.38. The summed E-state index contributed by atoms with van der Waals surface area (Å²) in [7, 11) is -3.78. The van der Waals surface area contributed by atoms with Crippen LogP contribution in [0.5, 0.6) is 0 Å². The molecule has 2 aromatic rings. The Morgan fingerprint density at radius 1 is 1.27 bits per heavy atom. The molecule has 1 saturated heterocycles. The highest BCUT2D eigenvalue weighted by Gasteiger charge is 2.22. The Hall–Kier alpha value is -1.22. The first-order valence-corrected chi connectivity index (χ1v) is 12.0. The van der Waals surface area contributed by atoms with Crippen molar-refractivity contribution in [3.8, 4) is 0 Å². The van der Waals surface area contributed by atoms with E-state index < -0.39 is 10.0 Å². The number of thiophene rings is 1. The predicted octanol–water partition coefficient (Wildman–Crippen LogP) is 3.63. The van der Waals surface area contributed by atoms with E-state index >= 15 is 0 Å². The minimum Gasteiger partial charge on any atom is -0.341 e. The Kier molecular flexibility index (Phi) is 6.17. The molecule has 3 rings (SSSR count). The van der Waals surface area contributed by atoms with Gasteiger partial charge in [0, 0.05) is 35.0 Å². The van der Waals surface area contributed by atoms with Crippen LogP contribution in [0.4, 0.5) is 5.69 Å². The van der Waals surface area contributed by atoms with E-state index in [1.165, 1.54) is 17.4 Å². The maximum Gasteiger partial charge on any atom is 0.262 e. The van der Waals surface area contributed by atoms with Crippen LogP contribution in [0.3, 0.4) is 0 Å². The molecule has 9 heteroatoms. The third-order valence-electron chi connectivity index (χ3n) is 4.20. The van der Waals surface area contributed by atoms with Crippen molar-refractivity contribution in [2.75, 3.05) is 29.3 Å². The summed E-state index contributed by atoms with van der Waals surface area (Å²) in [5.41, 5.74) is 1.65. The summed E-state index contributed by atoms with van der Waals surface area (Å²) in [6.45, 7) is 3.16. The lowest BCUT2D eigenvalue weighted by molar-refractivity contribution is -0.130. The maximum atomic E-state index is 12.7. The molecule has 0 unspecified atom stereocenters. The molecule has 0 atom stereocenters. The second kappa shape index (κ2) is 8.21. The SMILES string of the molecule is Cc1c(Cl)cccc1S(=O)(=O)Nc1cscc1CC(=O)N1CCSCC1. The van der Waals surface area contributed by atoms with Crippen LogP contribution in [0.25, 0.3) is 0 Å². The lowest BCUT2D eigenvalue weighted by atomic mass is 10.2. The van der Waals surface area contributed by atoms with Crippen LogP contribution >= 0.6 is 34.7 Å². The van der Waals surface area contributed by atoms with Gasteiger partial charge >= 0.3 is 0 Å². The number of nitrogens with one attached hydrogen (secondary N) is 1. The summed E-state index contributed by atoms with van der Waals surface area (Å²) in [6, 6.07) is 4.78. The second-order valence-corrected chi connectivity index (χ2v) is 9.98. The molecule has 1 fully saturated rings. The van der Waals surface area contributed by atoms with E-state index in [1.807, 2.05) is 22.0 Å². The normalized spacial score (nSPS) is 15.1. The first-order chi connectivity index (χ1) is 12.4. The van der Waals surface area contributed by atoms with Crippen LogP contribution in [0.15, 0.2) is 33.9 Å². The Bertz CT molecular complexity index is 906. The van der Waals surface area contributed by atoms with Gasteiger partial charge in [0.1, 0.15) is 0 Å². The molecule has 1 N–H and O–H groups in total. The van der Waals surface area contributed by atoms with Gasteiger partial charge in [0.2, 0.25) is 5.91 Å². The minimum atomic E-state index is -3.78. The lowest BCUT2D eigenvalue weighted by Gasteiger charge is -2.26. The van der Waals surface area contributed by atoms with E-state index in [2.05, 4.69) is 4.72 Å². The van der Waals surface area contributed by atoms with Crippen molar-refractivity contribution in [1.29, 1.82) is 0 Å². The minimum absolute atomic E-state index is 0.0306. The Labute approximate surface area is 166 Å². The molecule has 0 radical (unpaired) electrons. The van der Waals surface area contributed by atoms with E-state index in [0.717, 1.165) is 24.6 Å². The number of amides is 1. The number of halogens is 1. The zero-order valence-corrected chi connectivity index (χ0v) is 17.4. The summed E-state index contributed by atoms with van der Waals surface area (Å²) < 4.78 is 28.1. The van der Waals surface area contributed by atoms with Crippen molar-refractivity contribution < 1.29 is 13.2 Å². The van der Waals surface area contributed by atoms with Gasteiger partial charge in [0.25, 0.3) is 10.0 Å². The van der Waals surface area contributed by atoms with Crippen LogP contribution in [-0.4, -0.2) is 43.8 Å². The molecule has 0 bridgehead atoms. The van der Waals surface area contributed by atoms with Crippen LogP contribution in [0, 0.1) is 6.92 Å². The predicted molar refractivity (Wildman–Crippen MR) is 109 cm³/mol. The summed E-state index contributed by atoms with van der Waals surface area (Å²) in [6.07, 6.45) is 0.195. The Morgan fingerprint density at radius 2 is 2.00 bits per heavy atom. The van der Waals surface area contributed by atoms with Crippen molar-refractivity contribution in [1.82, 2.24) is 4.90 Å². The van der Waals surface area contributed by atoms with Gasteiger partial charge in [-0.15, -0.1) is 11.3 Å². The van der Waals surface area contributed by atoms with Crippen LogP contribution in [0.1, 0.15) is 11.1 Å². The maximum absolute atomic E-state index is 12.7. The van der Waals surface area contributed by atoms with Crippen LogP contribution in [-0.2, 0) is 21.2 Å². The van der Waals surface area contributed by atoms with Crippen molar-refractivity contribution in [2.24, 2.45) is 0 Å². The van der Waals surface area contributed by atoms with Gasteiger partial charge in [0.05, 0.1) is 17.0 Å². The van der Waals surface area contributed by atoms with E-state index in [0.29, 0.717) is 21.8 Å². The summed E-state index contributed by atoms with van der Waals surface area (Å²) in [5.74, 6) is 1.93. The number of carbonyl (C=O) groups excluding carboxylic acids is 1. The Morgan fingerprint density at radius 3 is 2.73 bits per heavy atom. The van der Waals surface area contributed by atoms with Crippen molar-refractivity contribution >= 4 is 56.3 Å². The molecule has 1 aliphatic rings. The van der Waals surface area contributed by atoms with Crippen molar-refractivity contribution in [2.45, 2.75) is 18.2 Å². The van der Waals surface area contributed by atoms with Crippen LogP contribution in [0.2, 0.25) is 5.02 Å². The fourth-order valence-electron chi connectivity index (χ4n) is 2.72. The number of thioether (sulfide) groups is 1. The van der Waals surface area contributed by atoms with Crippen molar-refractivity contribution in [3.05, 3.63) is 45.1 Å². The van der Waals surface area contributed by atoms with E-state index in [-0.39, 0.29) is 17.2 Å². The monoisotopic (exact) mass is 430 g/mol. The topological polar surface area (TPSA) is 66.5 Å². The molecule has 1 aromatic carbocycles. The standard InChI is InChI=1S/C17H19ClN2O3S3/c1-12-14(18)3-2-4-16(12)26(22,23)19-15-11-25-10-13(15)9-17(21)20-5-7-24-8-6-20/h2-4,10-11,19H,5-9H2,1H3. The zero-order valence-electron chi connectivity index (χ0n) is 14.2. The summed E-state index contributed by atoms with van der Waals surface area (Å²) >= 11 is 9.26. The highest BCUT2D eigenvalue weighted by Crippen LogP contribution is 2.28. The first-order valence-electron chi connectivity index (χ1n) is 8.07. The molecule has 5 nitrogen and oxygen atoms in total. The number of rotatable bonds is 5. The average molecular weight is 431 g/mol. The fourth-order valence-corrected chi connectivity index (χ4v) is 6.07. The van der Waals surface area contributed by atoms with Crippen LogP contribution < -0.4 is 4.72 Å². The number of nitrogens with zero attached hydrogens (tertiary/aromatic N) is 1. The molecule has 0 aliphatic carbocycles. The molecule has 26 heavy (non-hydrogen) atoms. The molecule has 0 spiro atoms. The van der Waals surface area contributed by atoms with E-state index in [1.54, 1.807) is 24.4 Å². The molecule has 1 aliphatic heterocycles. The second-order valence-electron chi connectivity index (χ2n) is 5.95. The number of anilines is 1. The largest absolute Gasteiger partial charge is 0.341 e. The van der Waals surface area contributed by atoms with Gasteiger partial charge in [-0.3, -0.25) is 9.52 Å². The first kappa shape index (κ1) is 19.5. The van der Waals surface area contributed by atoms with Gasteiger partial charge in [-0.05, 0) is 35.6 Å². The van der Waals surface area contributed by atoms with Gasteiger partial charge in [-0.1, -0.05) is 17.7 Å². The number of hydrogen-bond acceptors (Lipinski definition) is 5. The molecule has 1 aromatic heterocycles. The van der Waals surface area contributed by atoms with Gasteiger partial charge in [0.15, 0.2) is 0 Å². The highest BCUT2D eigenvalue weighted by molar-refractivity contribution is 7.99. The number of carbonyl (C=O) groups is 1. The average Bonchev–Trinajstić information content (AvgIpc) is 3.04. The van der Waals surface area contributed by atoms with Gasteiger partial charge in [-0.2, -0.15) is 11.8 Å². The molecule has 140 valence electrons. The smallest absolute Gasteiger partial charge is 0.262 e. The molecule has 2 heterocycles. The number of hydrogen-bond donors (Lipinski definition) is 1. The summed E-state index contributed by atoms with van der Waals surface area (Å²) in [4.78, 5) is 14.5. The van der Waals surface area contributed by atoms with E-state index in [4.69, 9.17) is 11.6 Å². The molecular weight excluding hydrogens is 412 g/mol.